The number of likely N-dealkylation sites (tertiary alicyclic amines) is 3. The smallest absolute Gasteiger partial charge is 0.141 e. The minimum atomic E-state index is 0.000765. The molecule has 3 fully saturated rings. The van der Waals surface area contributed by atoms with E-state index < -0.39 is 0 Å². The molecule has 25 heavy (non-hydrogen) atoms. The molecule has 5 heteroatoms. The Morgan fingerprint density at radius 3 is 1.84 bits per heavy atom. The predicted molar refractivity (Wildman–Crippen MR) is 109 cm³/mol. The van der Waals surface area contributed by atoms with Crippen molar-refractivity contribution in [3.05, 3.63) is 0 Å². The highest BCUT2D eigenvalue weighted by Crippen LogP contribution is 2.43. The fraction of sp³-hybridized carbons (Fsp3) is 0.900. The molecule has 3 saturated heterocycles. The second kappa shape index (κ2) is 7.03. The van der Waals surface area contributed by atoms with Gasteiger partial charge in [-0.1, -0.05) is 8.20 Å². The maximum Gasteiger partial charge on any atom is 0.141 e. The van der Waals surface area contributed by atoms with Crippen LogP contribution in [0.3, 0.4) is 0 Å². The molecule has 0 spiro atoms. The summed E-state index contributed by atoms with van der Waals surface area (Å²) in [5.41, 5.74) is 1.47. The molecule has 4 rings (SSSR count). The van der Waals surface area contributed by atoms with Crippen LogP contribution in [0.15, 0.2) is 4.99 Å². The molecule has 1 unspecified atom stereocenters. The van der Waals surface area contributed by atoms with Gasteiger partial charge in [0.2, 0.25) is 0 Å². The highest BCUT2D eigenvalue weighted by molar-refractivity contribution is 7.59. The first kappa shape index (κ1) is 18.1. The molecule has 4 heterocycles. The van der Waals surface area contributed by atoms with E-state index in [0.29, 0.717) is 6.04 Å². The molecule has 0 bridgehead atoms. The van der Waals surface area contributed by atoms with Crippen molar-refractivity contribution in [2.75, 3.05) is 39.3 Å². The van der Waals surface area contributed by atoms with Crippen molar-refractivity contribution in [2.45, 2.75) is 76.5 Å². The summed E-state index contributed by atoms with van der Waals surface area (Å²) in [5.74, 6) is 2.59. The maximum atomic E-state index is 5.34. The van der Waals surface area contributed by atoms with Gasteiger partial charge in [0.1, 0.15) is 5.66 Å². The molecule has 0 aromatic heterocycles. The van der Waals surface area contributed by atoms with Crippen LogP contribution < -0.4 is 0 Å². The van der Waals surface area contributed by atoms with Crippen LogP contribution in [0.25, 0.3) is 0 Å². The van der Waals surface area contributed by atoms with Crippen LogP contribution in [0.5, 0.6) is 0 Å². The Hall–Kier alpha value is -0.280. The van der Waals surface area contributed by atoms with E-state index in [0.717, 1.165) is 0 Å². The van der Waals surface area contributed by atoms with Crippen LogP contribution in [0.1, 0.15) is 59.3 Å². The molecule has 0 aromatic rings. The van der Waals surface area contributed by atoms with E-state index in [1.54, 1.807) is 0 Å². The van der Waals surface area contributed by atoms with Crippen molar-refractivity contribution in [3.8, 4) is 0 Å². The van der Waals surface area contributed by atoms with Crippen LogP contribution in [-0.2, 0) is 0 Å². The average Bonchev–Trinajstić information content (AvgIpc) is 3.33. The Balaban J connectivity index is 1.80. The van der Waals surface area contributed by atoms with E-state index in [9.17, 15) is 0 Å². The van der Waals surface area contributed by atoms with Gasteiger partial charge in [0, 0.05) is 26.2 Å². The van der Waals surface area contributed by atoms with Crippen molar-refractivity contribution < 1.29 is 0 Å². The molecule has 4 aliphatic heterocycles. The minimum absolute atomic E-state index is 0.000765. The lowest BCUT2D eigenvalue weighted by Gasteiger charge is -2.52. The molecule has 1 atom stereocenters. The van der Waals surface area contributed by atoms with Gasteiger partial charge in [0.15, 0.2) is 0 Å². The van der Waals surface area contributed by atoms with Crippen molar-refractivity contribution >= 4 is 19.5 Å². The van der Waals surface area contributed by atoms with E-state index >= 15 is 0 Å². The standard InChI is InChI=1S/C20H35N4P/c1-19(2,3)21-18-20(23-12-6-7-13-23,24-14-8-9-15-24)17(16-25-18)22-10-4-5-11-22/h16-17H,4-15H2,1-3H3. The monoisotopic (exact) mass is 362 g/mol. The number of rotatable bonds is 3. The summed E-state index contributed by atoms with van der Waals surface area (Å²) in [4.78, 5) is 13.8. The van der Waals surface area contributed by atoms with Gasteiger partial charge in [0.05, 0.1) is 17.0 Å². The predicted octanol–water partition coefficient (Wildman–Crippen LogP) is 3.30. The second-order valence-corrected chi connectivity index (χ2v) is 10.2. The highest BCUT2D eigenvalue weighted by Gasteiger charge is 2.57. The normalized spacial score (nSPS) is 33.9. The first-order valence-corrected chi connectivity index (χ1v) is 11.4. The molecular weight excluding hydrogens is 327 g/mol. The van der Waals surface area contributed by atoms with E-state index in [4.69, 9.17) is 4.99 Å². The zero-order valence-corrected chi connectivity index (χ0v) is 17.3. The Labute approximate surface area is 155 Å². The second-order valence-electron chi connectivity index (χ2n) is 9.19. The summed E-state index contributed by atoms with van der Waals surface area (Å²) in [7, 11) is 1.36. The average molecular weight is 363 g/mol. The molecule has 4 aliphatic rings. The summed E-state index contributed by atoms with van der Waals surface area (Å²) in [6, 6.07) is 0.522. The third-order valence-corrected chi connectivity index (χ3v) is 7.34. The number of hydrogen-bond donors (Lipinski definition) is 0. The Bertz CT molecular complexity index is 516. The van der Waals surface area contributed by atoms with Crippen LogP contribution >= 0.6 is 8.20 Å². The fourth-order valence-electron chi connectivity index (χ4n) is 5.24. The number of aliphatic imine (C=N–C) groups is 1. The molecule has 0 N–H and O–H groups in total. The molecule has 0 saturated carbocycles. The third-order valence-electron chi connectivity index (χ3n) is 6.23. The van der Waals surface area contributed by atoms with Gasteiger partial charge in [-0.15, -0.1) is 0 Å². The van der Waals surface area contributed by atoms with Gasteiger partial charge in [-0.2, -0.15) is 0 Å². The van der Waals surface area contributed by atoms with Crippen LogP contribution in [-0.4, -0.2) is 82.5 Å². The Kier molecular flexibility index (Phi) is 5.09. The van der Waals surface area contributed by atoms with Crippen molar-refractivity contribution in [3.63, 3.8) is 0 Å². The summed E-state index contributed by atoms with van der Waals surface area (Å²) in [5, 5.41) is 0. The molecule has 0 aromatic carbocycles. The zero-order valence-electron chi connectivity index (χ0n) is 16.4. The lowest BCUT2D eigenvalue weighted by Crippen LogP contribution is -2.71. The summed E-state index contributed by atoms with van der Waals surface area (Å²) < 4.78 is 0. The van der Waals surface area contributed by atoms with Crippen molar-refractivity contribution in [2.24, 2.45) is 4.99 Å². The lowest BCUT2D eigenvalue weighted by molar-refractivity contribution is -0.0140. The van der Waals surface area contributed by atoms with E-state index in [-0.39, 0.29) is 11.2 Å². The molecule has 0 radical (unpaired) electrons. The van der Waals surface area contributed by atoms with Gasteiger partial charge in [-0.25, -0.2) is 0 Å². The minimum Gasteiger partial charge on any atom is -0.293 e. The number of nitrogens with zero attached hydrogens (tertiary/aromatic N) is 4. The summed E-state index contributed by atoms with van der Waals surface area (Å²) in [6.45, 7) is 14.3. The molecular formula is C20H35N4P. The number of hydrogen-bond acceptors (Lipinski definition) is 4. The lowest BCUT2D eigenvalue weighted by atomic mass is 9.96. The van der Waals surface area contributed by atoms with Gasteiger partial charge < -0.3 is 0 Å². The molecule has 4 nitrogen and oxygen atoms in total. The van der Waals surface area contributed by atoms with E-state index in [1.165, 1.54) is 91.5 Å². The summed E-state index contributed by atoms with van der Waals surface area (Å²) >= 11 is 0. The fourth-order valence-corrected chi connectivity index (χ4v) is 6.88. The van der Waals surface area contributed by atoms with Gasteiger partial charge in [-0.3, -0.25) is 19.7 Å². The van der Waals surface area contributed by atoms with Crippen molar-refractivity contribution in [1.29, 1.82) is 0 Å². The van der Waals surface area contributed by atoms with Crippen LogP contribution in [0.2, 0.25) is 0 Å². The largest absolute Gasteiger partial charge is 0.293 e. The highest BCUT2D eigenvalue weighted by atomic mass is 31.1. The first-order chi connectivity index (χ1) is 12.0. The Morgan fingerprint density at radius 1 is 0.880 bits per heavy atom. The van der Waals surface area contributed by atoms with E-state index in [1.807, 2.05) is 0 Å². The SMILES string of the molecule is CC(C)(C)N=C1P=CC(N2CCCC2)C1(N1CCCC1)N1CCCC1. The third kappa shape index (κ3) is 3.25. The topological polar surface area (TPSA) is 22.1 Å². The van der Waals surface area contributed by atoms with Crippen LogP contribution in [0.4, 0.5) is 0 Å². The van der Waals surface area contributed by atoms with Gasteiger partial charge >= 0.3 is 0 Å². The van der Waals surface area contributed by atoms with Gasteiger partial charge in [-0.05, 0) is 78.2 Å². The maximum absolute atomic E-state index is 5.34. The Morgan fingerprint density at radius 2 is 1.36 bits per heavy atom. The summed E-state index contributed by atoms with van der Waals surface area (Å²) in [6.07, 6.45) is 8.13. The molecule has 0 amide bonds. The molecule has 140 valence electrons. The quantitative estimate of drug-likeness (QED) is 0.719. The molecule has 0 aliphatic carbocycles. The zero-order chi connectivity index (χ0) is 17.5. The van der Waals surface area contributed by atoms with Crippen molar-refractivity contribution in [1.82, 2.24) is 14.7 Å². The first-order valence-electron chi connectivity index (χ1n) is 10.4. The van der Waals surface area contributed by atoms with E-state index in [2.05, 4.69) is 41.3 Å². The van der Waals surface area contributed by atoms with Crippen LogP contribution in [0, 0.1) is 0 Å². The van der Waals surface area contributed by atoms with Gasteiger partial charge in [0.25, 0.3) is 0 Å².